The van der Waals surface area contributed by atoms with Gasteiger partial charge in [0.15, 0.2) is 0 Å². The number of hydrogen-bond donors (Lipinski definition) is 0. The molecule has 0 aliphatic heterocycles. The Morgan fingerprint density at radius 3 is 1.22 bits per heavy atom. The molecule has 0 amide bonds. The lowest BCUT2D eigenvalue weighted by Gasteiger charge is -1.99. The van der Waals surface area contributed by atoms with E-state index >= 15 is 0 Å². The SMILES string of the molecule is CCCCCCCCCC=CPC=CCCCCCCCCC. The van der Waals surface area contributed by atoms with Crippen LogP contribution in [0.15, 0.2) is 23.8 Å². The minimum atomic E-state index is 0.895. The summed E-state index contributed by atoms with van der Waals surface area (Å²) in [6.07, 6.45) is 27.2. The van der Waals surface area contributed by atoms with Crippen molar-refractivity contribution in [3.8, 4) is 0 Å². The van der Waals surface area contributed by atoms with Crippen molar-refractivity contribution >= 4 is 8.58 Å². The highest BCUT2D eigenvalue weighted by molar-refractivity contribution is 7.45. The van der Waals surface area contributed by atoms with Gasteiger partial charge >= 0.3 is 0 Å². The van der Waals surface area contributed by atoms with Crippen LogP contribution >= 0.6 is 8.58 Å². The Kier molecular flexibility index (Phi) is 21.8. The Hall–Kier alpha value is -0.0900. The lowest BCUT2D eigenvalue weighted by atomic mass is 10.1. The molecule has 1 heteroatoms. The first-order valence-corrected chi connectivity index (χ1v) is 11.6. The highest BCUT2D eigenvalue weighted by atomic mass is 31.1. The summed E-state index contributed by atoms with van der Waals surface area (Å²) in [5.74, 6) is 4.75. The van der Waals surface area contributed by atoms with Gasteiger partial charge < -0.3 is 0 Å². The van der Waals surface area contributed by atoms with Crippen LogP contribution in [0.2, 0.25) is 0 Å². The van der Waals surface area contributed by atoms with Gasteiger partial charge in [0.2, 0.25) is 0 Å². The zero-order valence-electron chi connectivity index (χ0n) is 16.1. The third-order valence-electron chi connectivity index (χ3n) is 4.38. The summed E-state index contributed by atoms with van der Waals surface area (Å²) in [5, 5.41) is 0. The zero-order chi connectivity index (χ0) is 16.8. The maximum Gasteiger partial charge on any atom is -0.0347 e. The van der Waals surface area contributed by atoms with Gasteiger partial charge in [-0.25, -0.2) is 0 Å². The Morgan fingerprint density at radius 2 is 0.826 bits per heavy atom. The van der Waals surface area contributed by atoms with Crippen LogP contribution in [0.1, 0.15) is 117 Å². The molecule has 0 bridgehead atoms. The molecule has 0 unspecified atom stereocenters. The van der Waals surface area contributed by atoms with Crippen LogP contribution < -0.4 is 0 Å². The van der Waals surface area contributed by atoms with E-state index in [0.717, 1.165) is 8.58 Å². The molecule has 23 heavy (non-hydrogen) atoms. The number of rotatable bonds is 18. The summed E-state index contributed by atoms with van der Waals surface area (Å²) in [4.78, 5) is 0. The van der Waals surface area contributed by atoms with Gasteiger partial charge in [0.05, 0.1) is 0 Å². The first kappa shape index (κ1) is 22.9. The van der Waals surface area contributed by atoms with Crippen LogP contribution in [0.3, 0.4) is 0 Å². The quantitative estimate of drug-likeness (QED) is 0.173. The molecule has 0 radical (unpaired) electrons. The van der Waals surface area contributed by atoms with E-state index in [-0.39, 0.29) is 0 Å². The first-order valence-electron chi connectivity index (χ1n) is 10.5. The minimum Gasteiger partial charge on any atom is -0.0840 e. The fraction of sp³-hybridized carbons (Fsp3) is 0.818. The van der Waals surface area contributed by atoms with Crippen molar-refractivity contribution in [3.05, 3.63) is 23.8 Å². The van der Waals surface area contributed by atoms with E-state index in [9.17, 15) is 0 Å². The second-order valence-electron chi connectivity index (χ2n) is 6.79. The molecule has 0 rings (SSSR count). The Morgan fingerprint density at radius 1 is 0.478 bits per heavy atom. The van der Waals surface area contributed by atoms with Gasteiger partial charge in [0, 0.05) is 0 Å². The summed E-state index contributed by atoms with van der Waals surface area (Å²) in [5.41, 5.74) is 0. The maximum absolute atomic E-state index is 2.39. The van der Waals surface area contributed by atoms with Crippen molar-refractivity contribution in [2.24, 2.45) is 0 Å². The average molecular weight is 339 g/mol. The van der Waals surface area contributed by atoms with Crippen molar-refractivity contribution in [3.63, 3.8) is 0 Å². The number of allylic oxidation sites excluding steroid dienone is 2. The topological polar surface area (TPSA) is 0 Å². The molecule has 0 aliphatic carbocycles. The van der Waals surface area contributed by atoms with Crippen molar-refractivity contribution in [2.45, 2.75) is 117 Å². The fourth-order valence-electron chi connectivity index (χ4n) is 2.80. The van der Waals surface area contributed by atoms with E-state index in [0.29, 0.717) is 0 Å². The minimum absolute atomic E-state index is 0.895. The van der Waals surface area contributed by atoms with Crippen LogP contribution in [-0.4, -0.2) is 0 Å². The third-order valence-corrected chi connectivity index (χ3v) is 5.23. The van der Waals surface area contributed by atoms with Crippen LogP contribution in [-0.2, 0) is 0 Å². The molecule has 0 aromatic heterocycles. The Balaban J connectivity index is 3.14. The van der Waals surface area contributed by atoms with Crippen LogP contribution in [0.25, 0.3) is 0 Å². The highest BCUT2D eigenvalue weighted by Gasteiger charge is 1.90. The van der Waals surface area contributed by atoms with E-state index in [1.54, 1.807) is 0 Å². The molecule has 0 saturated heterocycles. The lowest BCUT2D eigenvalue weighted by molar-refractivity contribution is 0.592. The van der Waals surface area contributed by atoms with E-state index in [1.807, 2.05) is 0 Å². The molecule has 0 N–H and O–H groups in total. The van der Waals surface area contributed by atoms with Gasteiger partial charge in [0.1, 0.15) is 0 Å². The highest BCUT2D eigenvalue weighted by Crippen LogP contribution is 2.16. The molecule has 0 heterocycles. The Labute approximate surface area is 149 Å². The van der Waals surface area contributed by atoms with Crippen molar-refractivity contribution < 1.29 is 0 Å². The summed E-state index contributed by atoms with van der Waals surface area (Å²) in [6.45, 7) is 4.57. The number of unbranched alkanes of at least 4 members (excludes halogenated alkanes) is 14. The van der Waals surface area contributed by atoms with Gasteiger partial charge in [-0.2, -0.15) is 0 Å². The van der Waals surface area contributed by atoms with E-state index in [2.05, 4.69) is 37.6 Å². The summed E-state index contributed by atoms with van der Waals surface area (Å²) < 4.78 is 0. The van der Waals surface area contributed by atoms with Crippen LogP contribution in [0.4, 0.5) is 0 Å². The smallest absolute Gasteiger partial charge is 0.0347 e. The average Bonchev–Trinajstić information content (AvgIpc) is 2.57. The molecule has 0 aliphatic rings. The van der Waals surface area contributed by atoms with Gasteiger partial charge in [-0.3, -0.25) is 0 Å². The lowest BCUT2D eigenvalue weighted by Crippen LogP contribution is -1.78. The first-order chi connectivity index (χ1) is 11.4. The standard InChI is InChI=1S/C22H43P/c1-3-5-7-9-11-13-15-17-19-21-23-22-20-18-16-14-12-10-8-6-4-2/h19-23H,3-18H2,1-2H3. The molecule has 0 aromatic rings. The van der Waals surface area contributed by atoms with Gasteiger partial charge in [0.25, 0.3) is 0 Å². The zero-order valence-corrected chi connectivity index (χ0v) is 17.1. The number of hydrogen-bond acceptors (Lipinski definition) is 0. The second kappa shape index (κ2) is 21.9. The van der Waals surface area contributed by atoms with E-state index < -0.39 is 0 Å². The molecule has 0 saturated carbocycles. The van der Waals surface area contributed by atoms with Crippen molar-refractivity contribution in [1.29, 1.82) is 0 Å². The summed E-state index contributed by atoms with van der Waals surface area (Å²) >= 11 is 0. The second-order valence-corrected chi connectivity index (χ2v) is 7.79. The predicted molar refractivity (Wildman–Crippen MR) is 112 cm³/mol. The van der Waals surface area contributed by atoms with Crippen LogP contribution in [0, 0.1) is 0 Å². The molecular weight excluding hydrogens is 295 g/mol. The molecule has 136 valence electrons. The van der Waals surface area contributed by atoms with Crippen molar-refractivity contribution in [1.82, 2.24) is 0 Å². The van der Waals surface area contributed by atoms with Crippen LogP contribution in [0.5, 0.6) is 0 Å². The molecule has 0 atom stereocenters. The molecule has 0 fully saturated rings. The van der Waals surface area contributed by atoms with Gasteiger partial charge in [-0.15, -0.1) is 0 Å². The molecule has 0 spiro atoms. The van der Waals surface area contributed by atoms with Crippen molar-refractivity contribution in [2.75, 3.05) is 0 Å². The predicted octanol–water partition coefficient (Wildman–Crippen LogP) is 8.97. The monoisotopic (exact) mass is 338 g/mol. The summed E-state index contributed by atoms with van der Waals surface area (Å²) in [6, 6.07) is 0. The largest absolute Gasteiger partial charge is 0.0840 e. The van der Waals surface area contributed by atoms with E-state index in [1.165, 1.54) is 103 Å². The fourth-order valence-corrected chi connectivity index (χ4v) is 3.51. The maximum atomic E-state index is 2.39. The third kappa shape index (κ3) is 21.9. The molecule has 0 aromatic carbocycles. The molecular formula is C22H43P. The summed E-state index contributed by atoms with van der Waals surface area (Å²) in [7, 11) is 0.895. The Bertz CT molecular complexity index is 229. The normalized spacial score (nSPS) is 12.4. The van der Waals surface area contributed by atoms with Gasteiger partial charge in [-0.1, -0.05) is 123 Å². The molecule has 0 nitrogen and oxygen atoms in total. The van der Waals surface area contributed by atoms with E-state index in [4.69, 9.17) is 0 Å². The van der Waals surface area contributed by atoms with Gasteiger partial charge in [-0.05, 0) is 25.7 Å².